The monoisotopic (exact) mass is 193 g/mol. The minimum Gasteiger partial charge on any atom is -0.382 e. The molecule has 0 heterocycles. The Morgan fingerprint density at radius 1 is 1.42 bits per heavy atom. The van der Waals surface area contributed by atoms with Gasteiger partial charge in [-0.2, -0.15) is 0 Å². The molecule has 0 saturated heterocycles. The number of rotatable bonds is 8. The molecule has 0 N–H and O–H groups in total. The fraction of sp³-hybridized carbons (Fsp3) is 1.00. The number of hydrogen-bond acceptors (Lipinski definition) is 3. The van der Waals surface area contributed by atoms with Crippen molar-refractivity contribution in [2.24, 2.45) is 0 Å². The molecule has 2 unspecified atom stereocenters. The molecule has 0 spiro atoms. The Morgan fingerprint density at radius 3 is 2.75 bits per heavy atom. The summed E-state index contributed by atoms with van der Waals surface area (Å²) in [6, 6.07) is 0. The van der Waals surface area contributed by atoms with E-state index < -0.39 is 0 Å². The lowest BCUT2D eigenvalue weighted by atomic mass is 10.2. The van der Waals surface area contributed by atoms with Gasteiger partial charge in [0.2, 0.25) is 0 Å². The van der Waals surface area contributed by atoms with E-state index in [-0.39, 0.29) is 14.6 Å². The highest BCUT2D eigenvalue weighted by Crippen LogP contribution is 2.05. The van der Waals surface area contributed by atoms with E-state index in [0.29, 0.717) is 13.2 Å². The third-order valence-electron chi connectivity index (χ3n) is 1.58. The molecular weight excluding hydrogens is 175 g/mol. The van der Waals surface area contributed by atoms with E-state index in [4.69, 9.17) is 9.47 Å². The summed E-state index contributed by atoms with van der Waals surface area (Å²) in [7, 11) is 1.49. The molecule has 0 aliphatic carbocycles. The molecule has 0 saturated carbocycles. The predicted molar refractivity (Wildman–Crippen MR) is 50.4 cm³/mol. The van der Waals surface area contributed by atoms with E-state index in [1.165, 1.54) is 0 Å². The summed E-state index contributed by atoms with van der Waals surface area (Å²) in [5, 5.41) is 0. The van der Waals surface area contributed by atoms with Crippen LogP contribution in [0.4, 0.5) is 0 Å². The molecule has 3 nitrogen and oxygen atoms in total. The van der Waals surface area contributed by atoms with Gasteiger partial charge in [-0.15, -0.1) is 0 Å². The maximum Gasteiger partial charge on any atom is 0.324 e. The van der Waals surface area contributed by atoms with Gasteiger partial charge in [0, 0.05) is 7.11 Å². The van der Waals surface area contributed by atoms with Gasteiger partial charge >= 0.3 is 8.46 Å². The summed E-state index contributed by atoms with van der Waals surface area (Å²) in [4.78, 5) is 0. The molecule has 72 valence electrons. The van der Waals surface area contributed by atoms with E-state index in [2.05, 4.69) is 0 Å². The largest absolute Gasteiger partial charge is 0.382 e. The molecule has 0 amide bonds. The zero-order valence-electron chi connectivity index (χ0n) is 7.84. The summed E-state index contributed by atoms with van der Waals surface area (Å²) in [5.41, 5.74) is 0. The minimum absolute atomic E-state index is 0.171. The van der Waals surface area contributed by atoms with Gasteiger partial charge in [0.15, 0.2) is 0 Å². The van der Waals surface area contributed by atoms with Crippen LogP contribution in [0.25, 0.3) is 0 Å². The van der Waals surface area contributed by atoms with Crippen LogP contribution in [-0.4, -0.2) is 32.6 Å². The topological polar surface area (TPSA) is 35.5 Å². The Hall–Kier alpha value is 0.0200. The van der Waals surface area contributed by atoms with Crippen LogP contribution in [0, 0.1) is 0 Å². The average Bonchev–Trinajstić information content (AvgIpc) is 2.06. The van der Waals surface area contributed by atoms with Crippen molar-refractivity contribution in [2.75, 3.05) is 26.5 Å². The molecule has 0 aromatic rings. The quantitative estimate of drug-likeness (QED) is 0.436. The maximum absolute atomic E-state index is 10.1. The van der Waals surface area contributed by atoms with Crippen LogP contribution >= 0.6 is 8.46 Å². The van der Waals surface area contributed by atoms with Crippen molar-refractivity contribution in [3.8, 4) is 0 Å². The van der Waals surface area contributed by atoms with E-state index in [1.807, 2.05) is 6.92 Å². The molecular formula is C8H18O3P+. The number of hydrogen-bond donors (Lipinski definition) is 0. The Labute approximate surface area is 75.6 Å². The van der Waals surface area contributed by atoms with Gasteiger partial charge in [0.1, 0.15) is 6.16 Å². The lowest BCUT2D eigenvalue weighted by Gasteiger charge is -2.10. The van der Waals surface area contributed by atoms with Crippen molar-refractivity contribution in [3.63, 3.8) is 0 Å². The summed E-state index contributed by atoms with van der Waals surface area (Å²) in [5.74, 6) is 0. The van der Waals surface area contributed by atoms with Gasteiger partial charge < -0.3 is 9.47 Å². The minimum atomic E-state index is -0.171. The van der Waals surface area contributed by atoms with Crippen LogP contribution in [-0.2, 0) is 14.0 Å². The molecule has 0 bridgehead atoms. The third-order valence-corrected chi connectivity index (χ3v) is 2.14. The van der Waals surface area contributed by atoms with Gasteiger partial charge in [-0.3, -0.25) is 0 Å². The van der Waals surface area contributed by atoms with Crippen molar-refractivity contribution in [2.45, 2.75) is 25.9 Å². The van der Waals surface area contributed by atoms with Crippen molar-refractivity contribution in [3.05, 3.63) is 0 Å². The predicted octanol–water partition coefficient (Wildman–Crippen LogP) is 1.84. The molecule has 0 rings (SSSR count). The number of methoxy groups -OCH3 is 1. The van der Waals surface area contributed by atoms with Crippen LogP contribution in [0.1, 0.15) is 19.8 Å². The van der Waals surface area contributed by atoms with E-state index in [1.54, 1.807) is 7.11 Å². The summed E-state index contributed by atoms with van der Waals surface area (Å²) < 4.78 is 20.4. The van der Waals surface area contributed by atoms with E-state index in [9.17, 15) is 4.57 Å². The second-order valence-corrected chi connectivity index (χ2v) is 3.50. The van der Waals surface area contributed by atoms with Crippen molar-refractivity contribution in [1.82, 2.24) is 0 Å². The van der Waals surface area contributed by atoms with Crippen molar-refractivity contribution < 1.29 is 14.0 Å². The number of ether oxygens (including phenoxy) is 2. The van der Waals surface area contributed by atoms with Gasteiger partial charge in [0.05, 0.1) is 19.3 Å². The SMILES string of the molecule is COCCOC(C)CCC[PH+]=O. The first kappa shape index (κ1) is 12.0. The highest BCUT2D eigenvalue weighted by molar-refractivity contribution is 7.23. The molecule has 0 aromatic heterocycles. The van der Waals surface area contributed by atoms with E-state index in [0.717, 1.165) is 19.0 Å². The van der Waals surface area contributed by atoms with Crippen LogP contribution in [0.5, 0.6) is 0 Å². The lowest BCUT2D eigenvalue weighted by molar-refractivity contribution is 0.0224. The third kappa shape index (κ3) is 8.12. The van der Waals surface area contributed by atoms with Crippen LogP contribution in [0.3, 0.4) is 0 Å². The van der Waals surface area contributed by atoms with Crippen LogP contribution in [0.15, 0.2) is 0 Å². The molecule has 2 atom stereocenters. The highest BCUT2D eigenvalue weighted by Gasteiger charge is 2.02. The lowest BCUT2D eigenvalue weighted by Crippen LogP contribution is -2.12. The first-order chi connectivity index (χ1) is 5.81. The zero-order valence-corrected chi connectivity index (χ0v) is 8.84. The first-order valence-corrected chi connectivity index (χ1v) is 5.38. The summed E-state index contributed by atoms with van der Waals surface area (Å²) >= 11 is 0. The summed E-state index contributed by atoms with van der Waals surface area (Å²) in [6.07, 6.45) is 3.02. The normalized spacial score (nSPS) is 13.5. The Kier molecular flexibility index (Phi) is 9.13. The molecule has 0 aliphatic rings. The Bertz CT molecular complexity index is 108. The molecule has 0 radical (unpaired) electrons. The van der Waals surface area contributed by atoms with Gasteiger partial charge in [-0.05, 0) is 19.8 Å². The van der Waals surface area contributed by atoms with Crippen LogP contribution in [0.2, 0.25) is 0 Å². The standard InChI is InChI=1S/C8H17O3P/c1-8(4-3-7-12-9)11-6-5-10-2/h8H,3-7H2,1-2H3/p+1. The second kappa shape index (κ2) is 9.11. The molecule has 0 aliphatic heterocycles. The van der Waals surface area contributed by atoms with Crippen molar-refractivity contribution in [1.29, 1.82) is 0 Å². The maximum atomic E-state index is 10.1. The average molecular weight is 193 g/mol. The smallest absolute Gasteiger partial charge is 0.324 e. The highest BCUT2D eigenvalue weighted by atomic mass is 31.1. The van der Waals surface area contributed by atoms with E-state index >= 15 is 0 Å². The fourth-order valence-corrected chi connectivity index (χ4v) is 1.23. The zero-order chi connectivity index (χ0) is 9.23. The van der Waals surface area contributed by atoms with Gasteiger partial charge in [-0.1, -0.05) is 4.57 Å². The Morgan fingerprint density at radius 2 is 2.17 bits per heavy atom. The fourth-order valence-electron chi connectivity index (χ4n) is 0.878. The second-order valence-electron chi connectivity index (χ2n) is 2.71. The molecule has 12 heavy (non-hydrogen) atoms. The first-order valence-electron chi connectivity index (χ1n) is 4.26. The van der Waals surface area contributed by atoms with Crippen LogP contribution < -0.4 is 0 Å². The summed E-state index contributed by atoms with van der Waals surface area (Å²) in [6.45, 7) is 3.33. The molecule has 0 aromatic carbocycles. The van der Waals surface area contributed by atoms with Crippen molar-refractivity contribution >= 4 is 8.46 Å². The Balaban J connectivity index is 3.09. The van der Waals surface area contributed by atoms with Gasteiger partial charge in [-0.25, -0.2) is 0 Å². The molecule has 0 fully saturated rings. The molecule has 4 heteroatoms. The van der Waals surface area contributed by atoms with Gasteiger partial charge in [0.25, 0.3) is 0 Å².